The zero-order chi connectivity index (χ0) is 26.8. The van der Waals surface area contributed by atoms with Gasteiger partial charge in [-0.15, -0.1) is 0 Å². The standard InChI is InChI=1S/C26H39NO8/c1-7-10-22(28)33-18(6)14-26(27,25(31)32)15-19-11-12-20(34-23(29)16(4)8-2)21(13-19)35-24(30)17(5)9-3/h11-13,16-18H,7-10,14-15,27H2,1-6H3,(H,31,32)/t16?,17?,18-,26?/m0/s1. The lowest BCUT2D eigenvalue weighted by atomic mass is 9.86. The first-order valence-electron chi connectivity index (χ1n) is 12.1. The molecule has 1 aromatic rings. The minimum atomic E-state index is -1.75. The Bertz CT molecular complexity index is 899. The van der Waals surface area contributed by atoms with Crippen molar-refractivity contribution in [2.45, 2.75) is 91.7 Å². The lowest BCUT2D eigenvalue weighted by Gasteiger charge is -2.28. The summed E-state index contributed by atoms with van der Waals surface area (Å²) in [5.41, 5.74) is 4.94. The maximum absolute atomic E-state index is 12.4. The summed E-state index contributed by atoms with van der Waals surface area (Å²) in [6, 6.07) is 4.48. The van der Waals surface area contributed by atoms with E-state index in [1.165, 1.54) is 12.1 Å². The Kier molecular flexibility index (Phi) is 11.9. The molecule has 0 aromatic heterocycles. The number of ether oxygens (including phenoxy) is 3. The fourth-order valence-corrected chi connectivity index (χ4v) is 3.22. The van der Waals surface area contributed by atoms with Gasteiger partial charge >= 0.3 is 23.9 Å². The van der Waals surface area contributed by atoms with Crippen molar-refractivity contribution in [3.05, 3.63) is 23.8 Å². The molecule has 1 rings (SSSR count). The van der Waals surface area contributed by atoms with Gasteiger partial charge in [-0.2, -0.15) is 0 Å². The highest BCUT2D eigenvalue weighted by atomic mass is 16.6. The van der Waals surface area contributed by atoms with E-state index in [0.717, 1.165) is 0 Å². The summed E-state index contributed by atoms with van der Waals surface area (Å²) < 4.78 is 16.2. The van der Waals surface area contributed by atoms with Gasteiger partial charge < -0.3 is 25.1 Å². The monoisotopic (exact) mass is 493 g/mol. The highest BCUT2D eigenvalue weighted by molar-refractivity contribution is 5.80. The van der Waals surface area contributed by atoms with Crippen LogP contribution in [0.2, 0.25) is 0 Å². The molecule has 9 nitrogen and oxygen atoms in total. The normalized spacial score (nSPS) is 15.3. The van der Waals surface area contributed by atoms with Crippen LogP contribution in [-0.4, -0.2) is 40.6 Å². The molecule has 4 atom stereocenters. The Balaban J connectivity index is 3.23. The predicted molar refractivity (Wildman–Crippen MR) is 130 cm³/mol. The molecular weight excluding hydrogens is 454 g/mol. The van der Waals surface area contributed by atoms with Crippen molar-refractivity contribution in [2.24, 2.45) is 17.6 Å². The molecule has 0 saturated carbocycles. The molecule has 0 radical (unpaired) electrons. The molecule has 0 fully saturated rings. The van der Waals surface area contributed by atoms with Gasteiger partial charge in [0.05, 0.1) is 11.8 Å². The summed E-state index contributed by atoms with van der Waals surface area (Å²) >= 11 is 0. The highest BCUT2D eigenvalue weighted by Crippen LogP contribution is 2.32. The molecular formula is C26H39NO8. The van der Waals surface area contributed by atoms with Crippen LogP contribution in [-0.2, 0) is 30.3 Å². The van der Waals surface area contributed by atoms with Crippen LogP contribution in [0.15, 0.2) is 18.2 Å². The number of carbonyl (C=O) groups excluding carboxylic acids is 3. The van der Waals surface area contributed by atoms with E-state index in [1.54, 1.807) is 26.8 Å². The molecule has 0 aliphatic carbocycles. The van der Waals surface area contributed by atoms with Crippen molar-refractivity contribution >= 4 is 23.9 Å². The molecule has 1 aromatic carbocycles. The number of carboxylic acid groups (broad SMARTS) is 1. The number of nitrogens with two attached hydrogens (primary N) is 1. The summed E-state index contributed by atoms with van der Waals surface area (Å²) in [4.78, 5) is 48.6. The third-order valence-corrected chi connectivity index (χ3v) is 5.84. The third-order valence-electron chi connectivity index (χ3n) is 5.84. The summed E-state index contributed by atoms with van der Waals surface area (Å²) in [5.74, 6) is -3.31. The number of carboxylic acids is 1. The van der Waals surface area contributed by atoms with E-state index in [9.17, 15) is 24.3 Å². The van der Waals surface area contributed by atoms with Gasteiger partial charge in [-0.05, 0) is 43.9 Å². The molecule has 0 aliphatic rings. The minimum Gasteiger partial charge on any atom is -0.480 e. The smallest absolute Gasteiger partial charge is 0.324 e. The Morgan fingerprint density at radius 3 is 1.97 bits per heavy atom. The fraction of sp³-hybridized carbons (Fsp3) is 0.615. The lowest BCUT2D eigenvalue weighted by Crippen LogP contribution is -2.52. The second kappa shape index (κ2) is 13.8. The first-order chi connectivity index (χ1) is 16.4. The van der Waals surface area contributed by atoms with Gasteiger partial charge in [-0.1, -0.05) is 40.7 Å². The van der Waals surface area contributed by atoms with Crippen molar-refractivity contribution < 1.29 is 38.5 Å². The van der Waals surface area contributed by atoms with Crippen molar-refractivity contribution in [2.75, 3.05) is 0 Å². The molecule has 196 valence electrons. The van der Waals surface area contributed by atoms with Crippen molar-refractivity contribution in [3.8, 4) is 11.5 Å². The summed E-state index contributed by atoms with van der Waals surface area (Å²) in [5, 5.41) is 9.84. The quantitative estimate of drug-likeness (QED) is 0.290. The molecule has 0 heterocycles. The van der Waals surface area contributed by atoms with E-state index in [4.69, 9.17) is 19.9 Å². The van der Waals surface area contributed by atoms with Crippen LogP contribution in [0.3, 0.4) is 0 Å². The number of hydrogen-bond acceptors (Lipinski definition) is 8. The number of benzene rings is 1. The zero-order valence-corrected chi connectivity index (χ0v) is 21.6. The Morgan fingerprint density at radius 1 is 0.943 bits per heavy atom. The molecule has 0 amide bonds. The molecule has 0 aliphatic heterocycles. The van der Waals surface area contributed by atoms with Gasteiger partial charge in [-0.25, -0.2) is 0 Å². The van der Waals surface area contributed by atoms with Crippen LogP contribution in [0.4, 0.5) is 0 Å². The number of aliphatic carboxylic acids is 1. The third kappa shape index (κ3) is 9.32. The highest BCUT2D eigenvalue weighted by Gasteiger charge is 2.37. The van der Waals surface area contributed by atoms with Gasteiger partial charge in [0.15, 0.2) is 11.5 Å². The first-order valence-corrected chi connectivity index (χ1v) is 12.1. The van der Waals surface area contributed by atoms with E-state index < -0.39 is 35.5 Å². The van der Waals surface area contributed by atoms with Gasteiger partial charge in [0.2, 0.25) is 0 Å². The average molecular weight is 494 g/mol. The number of carbonyl (C=O) groups is 4. The number of rotatable bonds is 14. The summed E-state index contributed by atoms with van der Waals surface area (Å²) in [6.07, 6.45) is 1.01. The molecule has 35 heavy (non-hydrogen) atoms. The Hall–Kier alpha value is -2.94. The predicted octanol–water partition coefficient (Wildman–Crippen LogP) is 4.04. The van der Waals surface area contributed by atoms with Crippen LogP contribution in [0, 0.1) is 11.8 Å². The molecule has 0 spiro atoms. The van der Waals surface area contributed by atoms with Crippen molar-refractivity contribution in [1.82, 2.24) is 0 Å². The van der Waals surface area contributed by atoms with Gasteiger partial charge in [0, 0.05) is 19.3 Å². The average Bonchev–Trinajstić information content (AvgIpc) is 2.79. The van der Waals surface area contributed by atoms with Gasteiger partial charge in [0.1, 0.15) is 11.6 Å². The second-order valence-corrected chi connectivity index (χ2v) is 9.13. The van der Waals surface area contributed by atoms with Crippen LogP contribution in [0.1, 0.15) is 79.2 Å². The number of hydrogen-bond donors (Lipinski definition) is 2. The molecule has 0 bridgehead atoms. The van der Waals surface area contributed by atoms with E-state index in [-0.39, 0.29) is 42.6 Å². The van der Waals surface area contributed by atoms with Gasteiger partial charge in [-0.3, -0.25) is 19.2 Å². The molecule has 3 unspecified atom stereocenters. The SMILES string of the molecule is CCCC(=O)O[C@@H](C)CC(N)(Cc1ccc(OC(=O)C(C)CC)c(OC(=O)C(C)CC)c1)C(=O)O. The van der Waals surface area contributed by atoms with Crippen molar-refractivity contribution in [1.29, 1.82) is 0 Å². The van der Waals surface area contributed by atoms with Crippen LogP contribution in [0.5, 0.6) is 11.5 Å². The Morgan fingerprint density at radius 2 is 1.49 bits per heavy atom. The first kappa shape index (κ1) is 30.1. The maximum atomic E-state index is 12.4. The minimum absolute atomic E-state index is 0.0135. The van der Waals surface area contributed by atoms with E-state index in [0.29, 0.717) is 24.8 Å². The summed E-state index contributed by atoms with van der Waals surface area (Å²) in [6.45, 7) is 10.6. The number of esters is 3. The van der Waals surface area contributed by atoms with Crippen molar-refractivity contribution in [3.63, 3.8) is 0 Å². The molecule has 9 heteroatoms. The zero-order valence-electron chi connectivity index (χ0n) is 21.6. The Labute approximate surface area is 207 Å². The maximum Gasteiger partial charge on any atom is 0.324 e. The van der Waals surface area contributed by atoms with Crippen LogP contribution < -0.4 is 15.2 Å². The van der Waals surface area contributed by atoms with Gasteiger partial charge in [0.25, 0.3) is 0 Å². The summed E-state index contributed by atoms with van der Waals surface area (Å²) in [7, 11) is 0. The second-order valence-electron chi connectivity index (χ2n) is 9.13. The van der Waals surface area contributed by atoms with E-state index in [2.05, 4.69) is 0 Å². The van der Waals surface area contributed by atoms with Crippen LogP contribution >= 0.6 is 0 Å². The molecule has 0 saturated heterocycles. The van der Waals surface area contributed by atoms with Crippen LogP contribution in [0.25, 0.3) is 0 Å². The topological polar surface area (TPSA) is 142 Å². The van der Waals surface area contributed by atoms with E-state index in [1.807, 2.05) is 20.8 Å². The van der Waals surface area contributed by atoms with E-state index >= 15 is 0 Å². The lowest BCUT2D eigenvalue weighted by molar-refractivity contribution is -0.153. The largest absolute Gasteiger partial charge is 0.480 e. The molecule has 3 N–H and O–H groups in total. The fourth-order valence-electron chi connectivity index (χ4n) is 3.22.